The number of nitrogens with one attached hydrogen (secondary N) is 1. The van der Waals surface area contributed by atoms with Crippen molar-refractivity contribution in [3.8, 4) is 5.69 Å². The van der Waals surface area contributed by atoms with E-state index in [1.165, 1.54) is 12.1 Å². The molecule has 3 aromatic rings. The molecule has 1 amide bonds. The van der Waals surface area contributed by atoms with Crippen LogP contribution in [0.25, 0.3) is 5.69 Å². The van der Waals surface area contributed by atoms with Gasteiger partial charge in [0, 0.05) is 12.1 Å². The van der Waals surface area contributed by atoms with Gasteiger partial charge in [0.2, 0.25) is 0 Å². The van der Waals surface area contributed by atoms with E-state index < -0.39 is 29.1 Å². The molecule has 3 N–H and O–H groups in total. The number of carbonyl (C=O) groups is 2. The highest BCUT2D eigenvalue weighted by Gasteiger charge is 2.18. The molecule has 1 heterocycles. The Morgan fingerprint density at radius 3 is 2.62 bits per heavy atom. The smallest absolute Gasteiger partial charge is 0.338 e. The zero-order valence-electron chi connectivity index (χ0n) is 15.4. The number of aromatic nitrogens is 2. The normalized spacial score (nSPS) is 10.4. The maximum Gasteiger partial charge on any atom is 0.338 e. The lowest BCUT2D eigenvalue weighted by molar-refractivity contribution is -0.383. The van der Waals surface area contributed by atoms with Crippen LogP contribution < -0.4 is 11.1 Å². The molecular formula is C19H17N5O5. The number of amides is 1. The summed E-state index contributed by atoms with van der Waals surface area (Å²) in [6.07, 6.45) is 0. The van der Waals surface area contributed by atoms with Gasteiger partial charge in [-0.2, -0.15) is 5.10 Å². The molecule has 0 aliphatic rings. The minimum atomic E-state index is -0.879. The van der Waals surface area contributed by atoms with Crippen LogP contribution in [-0.2, 0) is 9.53 Å². The number of ether oxygens (including phenoxy) is 1. The molecule has 3 rings (SSSR count). The predicted octanol–water partition coefficient (Wildman–Crippen LogP) is 2.47. The standard InChI is InChI=1S/C19H17N5O5/c1-12-9-17(23(22-12)14-5-3-2-4-6-14)21-18(25)11-29-19(26)13-7-8-15(20)16(10-13)24(27)28/h2-10H,11,20H2,1H3,(H,21,25). The zero-order valence-corrected chi connectivity index (χ0v) is 15.4. The molecule has 0 fully saturated rings. The van der Waals surface area contributed by atoms with Crippen LogP contribution >= 0.6 is 0 Å². The first-order valence-corrected chi connectivity index (χ1v) is 8.48. The van der Waals surface area contributed by atoms with Crippen molar-refractivity contribution in [3.05, 3.63) is 76.0 Å². The number of carbonyl (C=O) groups excluding carboxylic acids is 2. The number of nitrogens with zero attached hydrogens (tertiary/aromatic N) is 3. The molecule has 0 aliphatic heterocycles. The van der Waals surface area contributed by atoms with E-state index in [4.69, 9.17) is 10.5 Å². The van der Waals surface area contributed by atoms with E-state index in [0.717, 1.165) is 11.8 Å². The number of nitrogens with two attached hydrogens (primary N) is 1. The lowest BCUT2D eigenvalue weighted by atomic mass is 10.2. The monoisotopic (exact) mass is 395 g/mol. The highest BCUT2D eigenvalue weighted by molar-refractivity contribution is 5.96. The summed E-state index contributed by atoms with van der Waals surface area (Å²) in [4.78, 5) is 34.5. The van der Waals surface area contributed by atoms with E-state index in [1.807, 2.05) is 30.3 Å². The Morgan fingerprint density at radius 2 is 1.93 bits per heavy atom. The van der Waals surface area contributed by atoms with Gasteiger partial charge >= 0.3 is 5.97 Å². The number of hydrogen-bond acceptors (Lipinski definition) is 7. The van der Waals surface area contributed by atoms with Gasteiger partial charge in [-0.25, -0.2) is 9.48 Å². The van der Waals surface area contributed by atoms with Crippen molar-refractivity contribution in [3.63, 3.8) is 0 Å². The zero-order chi connectivity index (χ0) is 21.0. The fourth-order valence-corrected chi connectivity index (χ4v) is 2.58. The van der Waals surface area contributed by atoms with E-state index in [1.54, 1.807) is 17.7 Å². The third-order valence-electron chi connectivity index (χ3n) is 3.90. The van der Waals surface area contributed by atoms with Gasteiger partial charge in [0.05, 0.1) is 21.9 Å². The largest absolute Gasteiger partial charge is 0.452 e. The van der Waals surface area contributed by atoms with Crippen molar-refractivity contribution in [1.29, 1.82) is 0 Å². The Kier molecular flexibility index (Phi) is 5.54. The van der Waals surface area contributed by atoms with Crippen molar-refractivity contribution in [2.24, 2.45) is 0 Å². The van der Waals surface area contributed by atoms with E-state index >= 15 is 0 Å². The van der Waals surface area contributed by atoms with Crippen molar-refractivity contribution in [2.75, 3.05) is 17.7 Å². The summed E-state index contributed by atoms with van der Waals surface area (Å²) in [5, 5.41) is 17.9. The second kappa shape index (κ2) is 8.21. The molecule has 0 spiro atoms. The van der Waals surface area contributed by atoms with Crippen LogP contribution in [0.2, 0.25) is 0 Å². The number of para-hydroxylation sites is 1. The van der Waals surface area contributed by atoms with Crippen LogP contribution in [0.4, 0.5) is 17.2 Å². The van der Waals surface area contributed by atoms with E-state index in [-0.39, 0.29) is 11.3 Å². The van der Waals surface area contributed by atoms with E-state index in [0.29, 0.717) is 11.5 Å². The van der Waals surface area contributed by atoms with Gasteiger partial charge in [0.1, 0.15) is 11.5 Å². The molecule has 0 bridgehead atoms. The van der Waals surface area contributed by atoms with Gasteiger partial charge in [-0.1, -0.05) is 18.2 Å². The van der Waals surface area contributed by atoms with Gasteiger partial charge in [0.15, 0.2) is 6.61 Å². The van der Waals surface area contributed by atoms with Crippen molar-refractivity contribution in [2.45, 2.75) is 6.92 Å². The van der Waals surface area contributed by atoms with Crippen molar-refractivity contribution in [1.82, 2.24) is 9.78 Å². The Morgan fingerprint density at radius 1 is 1.21 bits per heavy atom. The molecular weight excluding hydrogens is 378 g/mol. The Hall–Kier alpha value is -4.21. The molecule has 0 aliphatic carbocycles. The molecule has 148 valence electrons. The molecule has 0 atom stereocenters. The highest BCUT2D eigenvalue weighted by Crippen LogP contribution is 2.22. The summed E-state index contributed by atoms with van der Waals surface area (Å²) in [5.74, 6) is -1.05. The number of rotatable bonds is 6. The topological polar surface area (TPSA) is 142 Å². The maximum atomic E-state index is 12.2. The molecule has 0 saturated heterocycles. The maximum absolute atomic E-state index is 12.2. The van der Waals surface area contributed by atoms with Crippen LogP contribution in [0.1, 0.15) is 16.1 Å². The summed E-state index contributed by atoms with van der Waals surface area (Å²) >= 11 is 0. The summed E-state index contributed by atoms with van der Waals surface area (Å²) < 4.78 is 6.50. The molecule has 1 aromatic heterocycles. The average Bonchev–Trinajstić information content (AvgIpc) is 3.07. The van der Waals surface area contributed by atoms with Crippen LogP contribution in [0.5, 0.6) is 0 Å². The third kappa shape index (κ3) is 4.56. The van der Waals surface area contributed by atoms with E-state index in [9.17, 15) is 19.7 Å². The Balaban J connectivity index is 1.66. The molecule has 2 aromatic carbocycles. The van der Waals surface area contributed by atoms with Crippen LogP contribution in [0.3, 0.4) is 0 Å². The van der Waals surface area contributed by atoms with Crippen molar-refractivity contribution < 1.29 is 19.2 Å². The summed E-state index contributed by atoms with van der Waals surface area (Å²) in [5.41, 5.74) is 6.37. The average molecular weight is 395 g/mol. The minimum Gasteiger partial charge on any atom is -0.452 e. The predicted molar refractivity (Wildman–Crippen MR) is 105 cm³/mol. The van der Waals surface area contributed by atoms with Crippen molar-refractivity contribution >= 4 is 29.1 Å². The molecule has 10 heteroatoms. The van der Waals surface area contributed by atoms with Crippen LogP contribution in [0, 0.1) is 17.0 Å². The minimum absolute atomic E-state index is 0.0752. The number of hydrogen-bond donors (Lipinski definition) is 2. The Bertz CT molecular complexity index is 1080. The number of anilines is 2. The number of esters is 1. The first-order chi connectivity index (χ1) is 13.8. The molecule has 0 saturated carbocycles. The van der Waals surface area contributed by atoms with Gasteiger partial charge in [-0.05, 0) is 31.2 Å². The highest BCUT2D eigenvalue weighted by atomic mass is 16.6. The van der Waals surface area contributed by atoms with Gasteiger partial charge < -0.3 is 15.8 Å². The van der Waals surface area contributed by atoms with Crippen LogP contribution in [0.15, 0.2) is 54.6 Å². The third-order valence-corrected chi connectivity index (χ3v) is 3.90. The van der Waals surface area contributed by atoms with Gasteiger partial charge in [-0.15, -0.1) is 0 Å². The Labute approximate surface area is 165 Å². The first-order valence-electron chi connectivity index (χ1n) is 8.48. The summed E-state index contributed by atoms with van der Waals surface area (Å²) in [6.45, 7) is 1.21. The number of nitro groups is 1. The summed E-state index contributed by atoms with van der Waals surface area (Å²) in [7, 11) is 0. The summed E-state index contributed by atoms with van der Waals surface area (Å²) in [6, 6.07) is 14.4. The quantitative estimate of drug-likeness (QED) is 0.282. The lowest BCUT2D eigenvalue weighted by Gasteiger charge is -2.09. The molecule has 10 nitrogen and oxygen atoms in total. The van der Waals surface area contributed by atoms with Gasteiger partial charge in [-0.3, -0.25) is 14.9 Å². The van der Waals surface area contributed by atoms with E-state index in [2.05, 4.69) is 10.4 Å². The lowest BCUT2D eigenvalue weighted by Crippen LogP contribution is -2.22. The number of benzene rings is 2. The first kappa shape index (κ1) is 19.5. The van der Waals surface area contributed by atoms with Gasteiger partial charge in [0.25, 0.3) is 11.6 Å². The fourth-order valence-electron chi connectivity index (χ4n) is 2.58. The SMILES string of the molecule is Cc1cc(NC(=O)COC(=O)c2ccc(N)c([N+](=O)[O-])c2)n(-c2ccccc2)n1. The number of aryl methyl sites for hydroxylation is 1. The van der Waals surface area contributed by atoms with Crippen LogP contribution in [-0.4, -0.2) is 33.2 Å². The molecule has 29 heavy (non-hydrogen) atoms. The fraction of sp³-hybridized carbons (Fsp3) is 0.105. The molecule has 0 unspecified atom stereocenters. The number of nitrogen functional groups attached to an aromatic ring is 1. The second-order valence-corrected chi connectivity index (χ2v) is 6.07. The molecule has 0 radical (unpaired) electrons. The second-order valence-electron chi connectivity index (χ2n) is 6.07. The number of nitro benzene ring substituents is 1.